The molecule has 13 heteroatoms. The number of nitrogens with zero attached hydrogens (tertiary/aromatic N) is 6. The summed E-state index contributed by atoms with van der Waals surface area (Å²) in [7, 11) is 0. The largest absolute Gasteiger partial charge is 0.381 e. The van der Waals surface area contributed by atoms with Crippen LogP contribution in [-0.2, 0) is 9.53 Å². The summed E-state index contributed by atoms with van der Waals surface area (Å²) in [6.45, 7) is 11.2. The van der Waals surface area contributed by atoms with Gasteiger partial charge in [-0.25, -0.2) is 8.78 Å². The van der Waals surface area contributed by atoms with E-state index in [9.17, 15) is 4.79 Å². The Morgan fingerprint density at radius 1 is 1.16 bits per heavy atom. The van der Waals surface area contributed by atoms with Crippen LogP contribution in [0.3, 0.4) is 0 Å². The summed E-state index contributed by atoms with van der Waals surface area (Å²) in [6, 6.07) is 2.02. The fourth-order valence-electron chi connectivity index (χ4n) is 7.99. The Morgan fingerprint density at radius 3 is 2.57 bits per heavy atom. The molecule has 7 rings (SSSR count). The van der Waals surface area contributed by atoms with Crippen molar-refractivity contribution in [3.8, 4) is 11.1 Å². The van der Waals surface area contributed by atoms with Crippen molar-refractivity contribution < 1.29 is 18.3 Å². The van der Waals surface area contributed by atoms with Gasteiger partial charge in [0.2, 0.25) is 5.91 Å². The normalized spacial score (nSPS) is 24.7. The quantitative estimate of drug-likeness (QED) is 0.345. The number of amides is 1. The van der Waals surface area contributed by atoms with E-state index in [2.05, 4.69) is 21.7 Å². The number of carbonyl (C=O) groups is 1. The van der Waals surface area contributed by atoms with Crippen LogP contribution in [0.4, 0.5) is 14.6 Å². The summed E-state index contributed by atoms with van der Waals surface area (Å²) in [5.41, 5.74) is 1.46. The molecular formula is C31H37Cl2F2N7O2. The van der Waals surface area contributed by atoms with Crippen molar-refractivity contribution in [3.05, 3.63) is 40.7 Å². The Balaban J connectivity index is 1.30. The molecule has 0 unspecified atom stereocenters. The molecule has 1 saturated carbocycles. The first-order valence-corrected chi connectivity index (χ1v) is 16.0. The molecule has 236 valence electrons. The molecule has 1 N–H and O–H groups in total. The Morgan fingerprint density at radius 2 is 1.89 bits per heavy atom. The average molecular weight is 649 g/mol. The predicted molar refractivity (Wildman–Crippen MR) is 167 cm³/mol. The molecule has 4 fully saturated rings. The van der Waals surface area contributed by atoms with Crippen molar-refractivity contribution in [1.29, 1.82) is 0 Å². The summed E-state index contributed by atoms with van der Waals surface area (Å²) < 4.78 is 38.1. The second kappa shape index (κ2) is 11.0. The van der Waals surface area contributed by atoms with E-state index in [-0.39, 0.29) is 30.0 Å². The maximum atomic E-state index is 15.3. The van der Waals surface area contributed by atoms with E-state index in [1.807, 2.05) is 16.5 Å². The van der Waals surface area contributed by atoms with Crippen molar-refractivity contribution in [2.24, 2.45) is 5.41 Å². The number of H-pyrrole nitrogens is 1. The molecule has 1 amide bonds. The lowest BCUT2D eigenvalue weighted by atomic mass is 9.60. The van der Waals surface area contributed by atoms with E-state index in [1.54, 1.807) is 24.1 Å². The van der Waals surface area contributed by atoms with Crippen LogP contribution in [0.2, 0.25) is 10.0 Å². The number of aromatic amines is 1. The Hall–Kier alpha value is -2.73. The number of ether oxygens (including phenoxy) is 1. The van der Waals surface area contributed by atoms with Crippen LogP contribution in [0.1, 0.15) is 44.3 Å². The number of rotatable bonds is 6. The highest BCUT2D eigenvalue weighted by Crippen LogP contribution is 2.56. The number of fused-ring (bicyclic) bond motifs is 1. The summed E-state index contributed by atoms with van der Waals surface area (Å²) in [4.78, 5) is 17.9. The van der Waals surface area contributed by atoms with Gasteiger partial charge in [0.05, 0.1) is 27.8 Å². The van der Waals surface area contributed by atoms with E-state index < -0.39 is 12.0 Å². The van der Waals surface area contributed by atoms with Crippen molar-refractivity contribution in [2.45, 2.75) is 63.6 Å². The number of anilines is 1. The van der Waals surface area contributed by atoms with Gasteiger partial charge in [-0.15, -0.1) is 0 Å². The van der Waals surface area contributed by atoms with Gasteiger partial charge in [0.25, 0.3) is 6.43 Å². The number of aromatic nitrogens is 4. The summed E-state index contributed by atoms with van der Waals surface area (Å²) >= 11 is 13.6. The molecule has 3 aliphatic heterocycles. The zero-order chi connectivity index (χ0) is 31.0. The number of hydrogen-bond acceptors (Lipinski definition) is 6. The molecule has 0 bridgehead atoms. The van der Waals surface area contributed by atoms with Crippen LogP contribution in [0.5, 0.6) is 0 Å². The number of carbonyl (C=O) groups excluding carboxylic acids is 1. The Bertz CT molecular complexity index is 1610. The SMILES string of the molecule is C=CC(=O)N1CC2(CC(n3nc(N4CCN(C5CCOCC5)C[C@@]4(C)C(F)F)c(-c4c(Cl)c(Cl)cc5[nH]ncc45)c3C)C2)C1. The number of hydrogen-bond donors (Lipinski definition) is 1. The zero-order valence-corrected chi connectivity index (χ0v) is 26.5. The molecule has 4 aliphatic rings. The van der Waals surface area contributed by atoms with E-state index in [1.165, 1.54) is 6.08 Å². The van der Waals surface area contributed by atoms with Gasteiger partial charge >= 0.3 is 0 Å². The molecule has 3 saturated heterocycles. The Kier molecular flexibility index (Phi) is 7.46. The van der Waals surface area contributed by atoms with Crippen molar-refractivity contribution >= 4 is 45.8 Å². The minimum atomic E-state index is -2.62. The van der Waals surface area contributed by atoms with Crippen LogP contribution >= 0.6 is 23.2 Å². The van der Waals surface area contributed by atoms with Crippen molar-refractivity contribution in [3.63, 3.8) is 0 Å². The summed E-state index contributed by atoms with van der Waals surface area (Å²) in [6.07, 6.45) is 3.81. The fraction of sp³-hybridized carbons (Fsp3) is 0.581. The van der Waals surface area contributed by atoms with E-state index in [0.29, 0.717) is 71.9 Å². The molecular weight excluding hydrogens is 611 g/mol. The number of halogens is 4. The fourth-order valence-corrected chi connectivity index (χ4v) is 8.45. The molecule has 44 heavy (non-hydrogen) atoms. The third-order valence-electron chi connectivity index (χ3n) is 10.4. The highest BCUT2D eigenvalue weighted by atomic mass is 35.5. The average Bonchev–Trinajstić information content (AvgIpc) is 3.56. The first kappa shape index (κ1) is 30.0. The maximum absolute atomic E-state index is 15.3. The summed E-state index contributed by atoms with van der Waals surface area (Å²) in [5.74, 6) is 0.437. The highest BCUT2D eigenvalue weighted by molar-refractivity contribution is 6.45. The van der Waals surface area contributed by atoms with Gasteiger partial charge in [-0.3, -0.25) is 19.5 Å². The van der Waals surface area contributed by atoms with Crippen LogP contribution in [0, 0.1) is 12.3 Å². The number of benzene rings is 1. The van der Waals surface area contributed by atoms with Crippen LogP contribution < -0.4 is 4.90 Å². The van der Waals surface area contributed by atoms with Crippen LogP contribution in [0.25, 0.3) is 22.0 Å². The van der Waals surface area contributed by atoms with E-state index >= 15 is 8.78 Å². The molecule has 1 aromatic carbocycles. The molecule has 3 aromatic rings. The van der Waals surface area contributed by atoms with Gasteiger partial charge in [0, 0.05) is 79.6 Å². The van der Waals surface area contributed by atoms with Gasteiger partial charge in [-0.2, -0.15) is 10.2 Å². The van der Waals surface area contributed by atoms with Gasteiger partial charge in [0.1, 0.15) is 5.54 Å². The number of nitrogens with one attached hydrogen (secondary N) is 1. The third kappa shape index (κ3) is 4.65. The molecule has 1 aliphatic carbocycles. The van der Waals surface area contributed by atoms with E-state index in [0.717, 1.165) is 36.8 Å². The second-order valence-electron chi connectivity index (χ2n) is 13.2. The molecule has 9 nitrogen and oxygen atoms in total. The standard InChI is InChI=1S/C31H37Cl2F2N7O2/c1-4-24(43)40-16-31(17-40)12-20(13-31)42-18(2)25(26-21-14-36-37-23(21)11-22(32)27(26)33)28(38-42)41-8-7-39(15-30(41,3)29(34)35)19-5-9-44-10-6-19/h4,11,14,19-20,29H,1,5-10,12-13,15-17H2,2-3H3,(H,36,37)/t30-/m0/s1. The lowest BCUT2D eigenvalue weighted by Gasteiger charge is -2.58. The highest BCUT2D eigenvalue weighted by Gasteiger charge is 2.55. The number of alkyl halides is 2. The minimum absolute atomic E-state index is 0.0511. The molecule has 0 radical (unpaired) electrons. The van der Waals surface area contributed by atoms with Crippen molar-refractivity contribution in [2.75, 3.05) is 50.8 Å². The number of likely N-dealkylation sites (tertiary alicyclic amines) is 1. The molecule has 1 spiro atoms. The molecule has 1 atom stereocenters. The minimum Gasteiger partial charge on any atom is -0.381 e. The Labute approximate surface area is 265 Å². The number of piperazine rings is 1. The second-order valence-corrected chi connectivity index (χ2v) is 14.0. The topological polar surface area (TPSA) is 82.5 Å². The summed E-state index contributed by atoms with van der Waals surface area (Å²) in [5, 5.41) is 13.8. The smallest absolute Gasteiger partial charge is 0.262 e. The van der Waals surface area contributed by atoms with Crippen LogP contribution in [-0.4, -0.2) is 99.6 Å². The van der Waals surface area contributed by atoms with Crippen molar-refractivity contribution in [1.82, 2.24) is 29.8 Å². The van der Waals surface area contributed by atoms with E-state index in [4.69, 9.17) is 33.0 Å². The lowest BCUT2D eigenvalue weighted by Crippen LogP contribution is -2.66. The predicted octanol–water partition coefficient (Wildman–Crippen LogP) is 5.72. The first-order chi connectivity index (χ1) is 21.0. The third-order valence-corrected chi connectivity index (χ3v) is 11.2. The monoisotopic (exact) mass is 647 g/mol. The first-order valence-electron chi connectivity index (χ1n) is 15.2. The van der Waals surface area contributed by atoms with Gasteiger partial charge in [-0.05, 0) is 51.7 Å². The van der Waals surface area contributed by atoms with Gasteiger partial charge in [-0.1, -0.05) is 29.8 Å². The van der Waals surface area contributed by atoms with Gasteiger partial charge < -0.3 is 14.5 Å². The maximum Gasteiger partial charge on any atom is 0.262 e. The molecule has 2 aromatic heterocycles. The molecule has 5 heterocycles. The lowest BCUT2D eigenvalue weighted by molar-refractivity contribution is -0.149. The zero-order valence-electron chi connectivity index (χ0n) is 25.0. The van der Waals surface area contributed by atoms with Crippen LogP contribution in [0.15, 0.2) is 24.9 Å². The van der Waals surface area contributed by atoms with Gasteiger partial charge in [0.15, 0.2) is 5.82 Å².